The number of esters is 1. The second-order valence-electron chi connectivity index (χ2n) is 4.31. The third-order valence-electron chi connectivity index (χ3n) is 2.98. The summed E-state index contributed by atoms with van der Waals surface area (Å²) in [7, 11) is 1.39. The highest BCUT2D eigenvalue weighted by Gasteiger charge is 2.15. The van der Waals surface area contributed by atoms with Gasteiger partial charge in [0, 0.05) is 37.7 Å². The molecule has 1 aromatic heterocycles. The van der Waals surface area contributed by atoms with Gasteiger partial charge in [0.1, 0.15) is 4.88 Å². The lowest BCUT2D eigenvalue weighted by molar-refractivity contribution is 0.0605. The summed E-state index contributed by atoms with van der Waals surface area (Å²) in [6.07, 6.45) is 0. The molecule has 106 valence electrons. The molecule has 1 aliphatic heterocycles. The van der Waals surface area contributed by atoms with Crippen molar-refractivity contribution in [2.45, 2.75) is 6.92 Å². The molecule has 0 radical (unpaired) electrons. The maximum atomic E-state index is 11.5. The molecular weight excluding hydrogens is 282 g/mol. The molecule has 0 amide bonds. The van der Waals surface area contributed by atoms with Crippen molar-refractivity contribution in [3.05, 3.63) is 10.6 Å². The Labute approximate surface area is 121 Å². The van der Waals surface area contributed by atoms with Crippen LogP contribution in [0.25, 0.3) is 0 Å². The van der Waals surface area contributed by atoms with Gasteiger partial charge in [0.25, 0.3) is 0 Å². The van der Waals surface area contributed by atoms with Crippen LogP contribution in [-0.2, 0) is 4.74 Å². The Morgan fingerprint density at radius 1 is 1.47 bits per heavy atom. The van der Waals surface area contributed by atoms with Gasteiger partial charge < -0.3 is 10.1 Å². The number of carbonyl (C=O) groups is 1. The van der Waals surface area contributed by atoms with Crippen molar-refractivity contribution >= 4 is 34.2 Å². The van der Waals surface area contributed by atoms with Gasteiger partial charge in [0.15, 0.2) is 5.13 Å². The quantitative estimate of drug-likeness (QED) is 0.836. The number of ether oxygens (including phenoxy) is 1. The number of hydrogen-bond acceptors (Lipinski definition) is 7. The van der Waals surface area contributed by atoms with Gasteiger partial charge in [-0.15, -0.1) is 0 Å². The molecule has 2 rings (SSSR count). The first-order chi connectivity index (χ1) is 9.20. The molecule has 1 fully saturated rings. The largest absolute Gasteiger partial charge is 0.465 e. The molecule has 1 aliphatic rings. The van der Waals surface area contributed by atoms with Crippen LogP contribution in [0.2, 0.25) is 0 Å². The molecule has 2 heterocycles. The van der Waals surface area contributed by atoms with E-state index in [4.69, 9.17) is 4.74 Å². The first kappa shape index (κ1) is 14.6. The molecule has 5 nitrogen and oxygen atoms in total. The molecule has 7 heteroatoms. The fraction of sp³-hybridized carbons (Fsp3) is 0.667. The van der Waals surface area contributed by atoms with E-state index in [1.807, 2.05) is 18.7 Å². The molecular formula is C12H19N3O2S2. The van der Waals surface area contributed by atoms with Crippen LogP contribution in [0.3, 0.4) is 0 Å². The van der Waals surface area contributed by atoms with Crippen LogP contribution in [0.5, 0.6) is 0 Å². The van der Waals surface area contributed by atoms with Gasteiger partial charge in [-0.3, -0.25) is 4.90 Å². The fourth-order valence-electron chi connectivity index (χ4n) is 1.90. The van der Waals surface area contributed by atoms with E-state index in [0.29, 0.717) is 4.88 Å². The SMILES string of the molecule is COC(=O)c1sc(NCCN2CCSCC2)nc1C. The normalized spacial score (nSPS) is 16.3. The van der Waals surface area contributed by atoms with Crippen LogP contribution in [-0.4, -0.2) is 60.6 Å². The van der Waals surface area contributed by atoms with Gasteiger partial charge in [0.2, 0.25) is 0 Å². The van der Waals surface area contributed by atoms with E-state index in [0.717, 1.165) is 37.0 Å². The van der Waals surface area contributed by atoms with Gasteiger partial charge in [-0.2, -0.15) is 11.8 Å². The first-order valence-electron chi connectivity index (χ1n) is 6.30. The van der Waals surface area contributed by atoms with Crippen molar-refractivity contribution in [2.24, 2.45) is 0 Å². The number of carbonyl (C=O) groups excluding carboxylic acids is 1. The number of methoxy groups -OCH3 is 1. The minimum Gasteiger partial charge on any atom is -0.465 e. The average Bonchev–Trinajstić information content (AvgIpc) is 2.80. The topological polar surface area (TPSA) is 54.5 Å². The van der Waals surface area contributed by atoms with Crippen molar-refractivity contribution in [3.8, 4) is 0 Å². The molecule has 0 aliphatic carbocycles. The van der Waals surface area contributed by atoms with Crippen molar-refractivity contribution in [2.75, 3.05) is 50.1 Å². The average molecular weight is 301 g/mol. The smallest absolute Gasteiger partial charge is 0.350 e. The third-order valence-corrected chi connectivity index (χ3v) is 5.01. The van der Waals surface area contributed by atoms with Crippen LogP contribution in [0, 0.1) is 6.92 Å². The van der Waals surface area contributed by atoms with Gasteiger partial charge in [0.05, 0.1) is 12.8 Å². The monoisotopic (exact) mass is 301 g/mol. The predicted octanol–water partition coefficient (Wildman–Crippen LogP) is 1.70. The van der Waals surface area contributed by atoms with E-state index >= 15 is 0 Å². The number of hydrogen-bond donors (Lipinski definition) is 1. The van der Waals surface area contributed by atoms with Crippen molar-refractivity contribution < 1.29 is 9.53 Å². The maximum Gasteiger partial charge on any atom is 0.350 e. The van der Waals surface area contributed by atoms with E-state index in [1.165, 1.54) is 30.0 Å². The highest BCUT2D eigenvalue weighted by molar-refractivity contribution is 7.99. The van der Waals surface area contributed by atoms with E-state index in [1.54, 1.807) is 0 Å². The van der Waals surface area contributed by atoms with Crippen LogP contribution < -0.4 is 5.32 Å². The summed E-state index contributed by atoms with van der Waals surface area (Å²) in [6, 6.07) is 0. The maximum absolute atomic E-state index is 11.5. The summed E-state index contributed by atoms with van der Waals surface area (Å²) < 4.78 is 4.72. The first-order valence-corrected chi connectivity index (χ1v) is 8.27. The number of thiazole rings is 1. The molecule has 1 aromatic rings. The highest BCUT2D eigenvalue weighted by atomic mass is 32.2. The number of rotatable bonds is 5. The number of aromatic nitrogens is 1. The molecule has 0 atom stereocenters. The Balaban J connectivity index is 1.81. The van der Waals surface area contributed by atoms with Gasteiger partial charge in [-0.1, -0.05) is 11.3 Å². The molecule has 0 unspecified atom stereocenters. The Morgan fingerprint density at radius 2 is 2.21 bits per heavy atom. The third kappa shape index (κ3) is 4.09. The summed E-state index contributed by atoms with van der Waals surface area (Å²) in [5.74, 6) is 2.14. The van der Waals surface area contributed by atoms with Crippen molar-refractivity contribution in [3.63, 3.8) is 0 Å². The van der Waals surface area contributed by atoms with Gasteiger partial charge >= 0.3 is 5.97 Å². The zero-order valence-electron chi connectivity index (χ0n) is 11.3. The lowest BCUT2D eigenvalue weighted by Crippen LogP contribution is -2.36. The molecule has 1 N–H and O–H groups in total. The van der Waals surface area contributed by atoms with E-state index in [-0.39, 0.29) is 5.97 Å². The minimum atomic E-state index is -0.309. The lowest BCUT2D eigenvalue weighted by atomic mass is 10.4. The zero-order valence-corrected chi connectivity index (χ0v) is 12.9. The summed E-state index contributed by atoms with van der Waals surface area (Å²) in [5.41, 5.74) is 0.730. The number of nitrogens with zero attached hydrogens (tertiary/aromatic N) is 2. The van der Waals surface area contributed by atoms with Crippen LogP contribution in [0.15, 0.2) is 0 Å². The Kier molecular flexibility index (Phi) is 5.47. The predicted molar refractivity (Wildman–Crippen MR) is 80.4 cm³/mol. The summed E-state index contributed by atoms with van der Waals surface area (Å²) in [4.78, 5) is 18.9. The van der Waals surface area contributed by atoms with Crippen LogP contribution >= 0.6 is 23.1 Å². The Hall–Kier alpha value is -0.790. The van der Waals surface area contributed by atoms with Gasteiger partial charge in [-0.05, 0) is 6.92 Å². The number of thioether (sulfide) groups is 1. The summed E-state index contributed by atoms with van der Waals surface area (Å²) in [5, 5.41) is 4.08. The fourth-order valence-corrected chi connectivity index (χ4v) is 3.79. The molecule has 1 saturated heterocycles. The van der Waals surface area contributed by atoms with E-state index in [2.05, 4.69) is 15.2 Å². The summed E-state index contributed by atoms with van der Waals surface area (Å²) in [6.45, 7) is 6.04. The number of aryl methyl sites for hydroxylation is 1. The molecule has 19 heavy (non-hydrogen) atoms. The minimum absolute atomic E-state index is 0.309. The Bertz CT molecular complexity index is 431. The molecule has 0 bridgehead atoms. The van der Waals surface area contributed by atoms with Gasteiger partial charge in [-0.25, -0.2) is 9.78 Å². The second-order valence-corrected chi connectivity index (χ2v) is 6.53. The molecule has 0 aromatic carbocycles. The second kappa shape index (κ2) is 7.12. The summed E-state index contributed by atoms with van der Waals surface area (Å²) >= 11 is 3.38. The standard InChI is InChI=1S/C12H19N3O2S2/c1-9-10(11(16)17-2)19-12(14-9)13-3-4-15-5-7-18-8-6-15/h3-8H2,1-2H3,(H,13,14). The van der Waals surface area contributed by atoms with Crippen molar-refractivity contribution in [1.82, 2.24) is 9.88 Å². The van der Waals surface area contributed by atoms with E-state index in [9.17, 15) is 4.79 Å². The van der Waals surface area contributed by atoms with Crippen molar-refractivity contribution in [1.29, 1.82) is 0 Å². The highest BCUT2D eigenvalue weighted by Crippen LogP contribution is 2.23. The van der Waals surface area contributed by atoms with E-state index < -0.39 is 0 Å². The lowest BCUT2D eigenvalue weighted by Gasteiger charge is -2.25. The Morgan fingerprint density at radius 3 is 2.89 bits per heavy atom. The van der Waals surface area contributed by atoms with Crippen LogP contribution in [0.4, 0.5) is 5.13 Å². The zero-order chi connectivity index (χ0) is 13.7. The molecule has 0 spiro atoms. The van der Waals surface area contributed by atoms with Crippen LogP contribution in [0.1, 0.15) is 15.4 Å². The number of anilines is 1. The number of nitrogens with one attached hydrogen (secondary N) is 1. The molecule has 0 saturated carbocycles.